The van der Waals surface area contributed by atoms with Crippen molar-refractivity contribution in [2.75, 3.05) is 6.61 Å². The first-order valence-corrected chi connectivity index (χ1v) is 5.53. The molecule has 0 spiro atoms. The van der Waals surface area contributed by atoms with Crippen molar-refractivity contribution in [3.05, 3.63) is 12.2 Å². The first-order valence-electron chi connectivity index (χ1n) is 5.53. The molecule has 0 amide bonds. The maximum atomic E-state index is 11.1. The second kappa shape index (κ2) is 8.79. The van der Waals surface area contributed by atoms with Gasteiger partial charge < -0.3 is 4.74 Å². The number of unbranched alkanes of at least 4 members (excludes halogenated alkanes) is 2. The number of ether oxygens (including phenoxy) is 1. The van der Waals surface area contributed by atoms with Crippen LogP contribution < -0.4 is 0 Å². The Kier molecular flexibility index (Phi) is 8.30. The van der Waals surface area contributed by atoms with Crippen molar-refractivity contribution in [1.29, 1.82) is 0 Å². The van der Waals surface area contributed by atoms with Crippen molar-refractivity contribution < 1.29 is 9.53 Å². The Morgan fingerprint density at radius 2 is 2.14 bits per heavy atom. The molecular weight excluding hydrogens is 176 g/mol. The molecule has 0 saturated heterocycles. The molecule has 0 aliphatic carbocycles. The quantitative estimate of drug-likeness (QED) is 0.356. The fraction of sp³-hybridized carbons (Fsp3) is 0.750. The topological polar surface area (TPSA) is 26.3 Å². The third-order valence-electron chi connectivity index (χ3n) is 1.98. The number of carbonyl (C=O) groups is 1. The van der Waals surface area contributed by atoms with E-state index in [-0.39, 0.29) is 5.97 Å². The van der Waals surface area contributed by atoms with Crippen molar-refractivity contribution >= 4 is 5.97 Å². The normalized spacial score (nSPS) is 13.1. The fourth-order valence-electron chi connectivity index (χ4n) is 1.20. The lowest BCUT2D eigenvalue weighted by atomic mass is 10.1. The lowest BCUT2D eigenvalue weighted by Gasteiger charge is -2.05. The fourth-order valence-corrected chi connectivity index (χ4v) is 1.20. The smallest absolute Gasteiger partial charge is 0.306 e. The van der Waals surface area contributed by atoms with Crippen LogP contribution in [0.5, 0.6) is 0 Å². The highest BCUT2D eigenvalue weighted by molar-refractivity contribution is 5.69. The summed E-state index contributed by atoms with van der Waals surface area (Å²) in [5, 5.41) is 0. The number of carbonyl (C=O) groups excluding carboxylic acids is 1. The minimum atomic E-state index is -0.0971. The molecule has 2 heteroatoms. The summed E-state index contributed by atoms with van der Waals surface area (Å²) in [6.07, 6.45) is 8.32. The molecule has 0 aliphatic rings. The van der Waals surface area contributed by atoms with Crippen LogP contribution in [0.2, 0.25) is 0 Å². The predicted molar refractivity (Wildman–Crippen MR) is 59.1 cm³/mol. The second-order valence-corrected chi connectivity index (χ2v) is 3.56. The van der Waals surface area contributed by atoms with Crippen LogP contribution in [0, 0.1) is 5.92 Å². The van der Waals surface area contributed by atoms with Gasteiger partial charge in [0.2, 0.25) is 0 Å². The average Bonchev–Trinajstić information content (AvgIpc) is 2.13. The second-order valence-electron chi connectivity index (χ2n) is 3.56. The zero-order valence-electron chi connectivity index (χ0n) is 9.58. The Bertz CT molecular complexity index is 173. The van der Waals surface area contributed by atoms with Gasteiger partial charge in [-0.15, -0.1) is 0 Å². The summed E-state index contributed by atoms with van der Waals surface area (Å²) in [6, 6.07) is 0. The molecule has 82 valence electrons. The minimum Gasteiger partial charge on any atom is -0.466 e. The summed E-state index contributed by atoms with van der Waals surface area (Å²) in [7, 11) is 0. The molecule has 0 aliphatic heterocycles. The molecule has 14 heavy (non-hydrogen) atoms. The molecular formula is C12H22O2. The lowest BCUT2D eigenvalue weighted by molar-refractivity contribution is -0.143. The largest absolute Gasteiger partial charge is 0.466 e. The van der Waals surface area contributed by atoms with Gasteiger partial charge in [0.1, 0.15) is 0 Å². The van der Waals surface area contributed by atoms with Crippen LogP contribution in [0.15, 0.2) is 12.2 Å². The third kappa shape index (κ3) is 7.84. The van der Waals surface area contributed by atoms with Gasteiger partial charge in [-0.2, -0.15) is 0 Å². The van der Waals surface area contributed by atoms with Crippen LogP contribution in [0.3, 0.4) is 0 Å². The van der Waals surface area contributed by atoms with E-state index in [4.69, 9.17) is 4.74 Å². The van der Waals surface area contributed by atoms with E-state index < -0.39 is 0 Å². The molecule has 0 rings (SSSR count). The minimum absolute atomic E-state index is 0.0971. The standard InChI is InChI=1S/C12H22O2/c1-4-6-7-8-9-11(3)10-12(13)14-5-2/h8-9,11H,4-7,10H2,1-3H3/b9-8+/t11-/m0/s1. The van der Waals surface area contributed by atoms with Crippen LogP contribution in [0.4, 0.5) is 0 Å². The molecule has 0 aromatic rings. The highest BCUT2D eigenvalue weighted by Crippen LogP contribution is 2.06. The van der Waals surface area contributed by atoms with Gasteiger partial charge >= 0.3 is 5.97 Å². The van der Waals surface area contributed by atoms with Crippen LogP contribution >= 0.6 is 0 Å². The van der Waals surface area contributed by atoms with Crippen LogP contribution in [-0.2, 0) is 9.53 Å². The SMILES string of the molecule is CCCC/C=C/[C@H](C)CC(=O)OCC. The number of esters is 1. The molecule has 0 aromatic heterocycles. The monoisotopic (exact) mass is 198 g/mol. The van der Waals surface area contributed by atoms with Gasteiger partial charge in [-0.25, -0.2) is 0 Å². The van der Waals surface area contributed by atoms with Crippen molar-refractivity contribution in [2.24, 2.45) is 5.92 Å². The van der Waals surface area contributed by atoms with Crippen molar-refractivity contribution in [1.82, 2.24) is 0 Å². The van der Waals surface area contributed by atoms with Gasteiger partial charge in [-0.3, -0.25) is 4.79 Å². The van der Waals surface area contributed by atoms with Gasteiger partial charge in [0, 0.05) is 0 Å². The van der Waals surface area contributed by atoms with E-state index in [1.54, 1.807) is 0 Å². The number of hydrogen-bond acceptors (Lipinski definition) is 2. The van der Waals surface area contributed by atoms with E-state index in [1.807, 2.05) is 13.8 Å². The maximum Gasteiger partial charge on any atom is 0.306 e. The highest BCUT2D eigenvalue weighted by atomic mass is 16.5. The van der Waals surface area contributed by atoms with Gasteiger partial charge in [0.15, 0.2) is 0 Å². The molecule has 2 nitrogen and oxygen atoms in total. The number of rotatable bonds is 7. The van der Waals surface area contributed by atoms with Crippen LogP contribution in [-0.4, -0.2) is 12.6 Å². The molecule has 0 N–H and O–H groups in total. The average molecular weight is 198 g/mol. The molecule has 0 unspecified atom stereocenters. The Labute approximate surface area is 87.3 Å². The molecule has 0 fully saturated rings. The third-order valence-corrected chi connectivity index (χ3v) is 1.98. The van der Waals surface area contributed by atoms with E-state index in [0.717, 1.165) is 6.42 Å². The van der Waals surface area contributed by atoms with Crippen LogP contribution in [0.1, 0.15) is 46.5 Å². The Morgan fingerprint density at radius 1 is 1.43 bits per heavy atom. The Morgan fingerprint density at radius 3 is 2.71 bits per heavy atom. The summed E-state index contributed by atoms with van der Waals surface area (Å²) in [5.41, 5.74) is 0. The molecule has 0 bridgehead atoms. The summed E-state index contributed by atoms with van der Waals surface area (Å²) in [6.45, 7) is 6.53. The highest BCUT2D eigenvalue weighted by Gasteiger charge is 2.05. The Hall–Kier alpha value is -0.790. The zero-order chi connectivity index (χ0) is 10.8. The van der Waals surface area contributed by atoms with Crippen molar-refractivity contribution in [2.45, 2.75) is 46.5 Å². The number of allylic oxidation sites excluding steroid dienone is 2. The lowest BCUT2D eigenvalue weighted by Crippen LogP contribution is -2.07. The van der Waals surface area contributed by atoms with Gasteiger partial charge in [0.05, 0.1) is 13.0 Å². The Balaban J connectivity index is 3.57. The number of hydrogen-bond donors (Lipinski definition) is 0. The van der Waals surface area contributed by atoms with Crippen molar-refractivity contribution in [3.63, 3.8) is 0 Å². The summed E-state index contributed by atoms with van der Waals surface area (Å²) in [5.74, 6) is 0.200. The maximum absolute atomic E-state index is 11.1. The van der Waals surface area contributed by atoms with Crippen molar-refractivity contribution in [3.8, 4) is 0 Å². The van der Waals surface area contributed by atoms with Gasteiger partial charge in [-0.05, 0) is 19.3 Å². The van der Waals surface area contributed by atoms with Gasteiger partial charge in [0.25, 0.3) is 0 Å². The molecule has 0 saturated carbocycles. The summed E-state index contributed by atoms with van der Waals surface area (Å²) >= 11 is 0. The van der Waals surface area contributed by atoms with E-state index >= 15 is 0 Å². The van der Waals surface area contributed by atoms with E-state index in [2.05, 4.69) is 19.1 Å². The molecule has 0 radical (unpaired) electrons. The summed E-state index contributed by atoms with van der Waals surface area (Å²) < 4.78 is 4.87. The van der Waals surface area contributed by atoms with Gasteiger partial charge in [-0.1, -0.05) is 38.8 Å². The summed E-state index contributed by atoms with van der Waals surface area (Å²) in [4.78, 5) is 11.1. The van der Waals surface area contributed by atoms with E-state index in [9.17, 15) is 4.79 Å². The van der Waals surface area contributed by atoms with E-state index in [0.29, 0.717) is 18.9 Å². The molecule has 1 atom stereocenters. The predicted octanol–water partition coefficient (Wildman–Crippen LogP) is 3.32. The van der Waals surface area contributed by atoms with E-state index in [1.165, 1.54) is 12.8 Å². The molecule has 0 heterocycles. The molecule has 0 aromatic carbocycles. The zero-order valence-corrected chi connectivity index (χ0v) is 9.58. The first-order chi connectivity index (χ1) is 6.70. The van der Waals surface area contributed by atoms with Crippen LogP contribution in [0.25, 0.3) is 0 Å². The first kappa shape index (κ1) is 13.2.